The van der Waals surface area contributed by atoms with Gasteiger partial charge >= 0.3 is 5.97 Å². The Bertz CT molecular complexity index is 684. The lowest BCUT2D eigenvalue weighted by Gasteiger charge is -2.12. The molecule has 0 saturated carbocycles. The average molecular weight is 265 g/mol. The summed E-state index contributed by atoms with van der Waals surface area (Å²) in [6.07, 6.45) is 0. The van der Waals surface area contributed by atoms with E-state index >= 15 is 0 Å². The van der Waals surface area contributed by atoms with Crippen molar-refractivity contribution in [1.29, 1.82) is 5.26 Å². The molecule has 0 fully saturated rings. The van der Waals surface area contributed by atoms with E-state index in [9.17, 15) is 4.79 Å². The third-order valence-electron chi connectivity index (χ3n) is 3.06. The summed E-state index contributed by atoms with van der Waals surface area (Å²) in [7, 11) is 0. The van der Waals surface area contributed by atoms with Crippen molar-refractivity contribution in [3.8, 4) is 17.2 Å². The number of carbonyl (C=O) groups excluding carboxylic acids is 1. The van der Waals surface area contributed by atoms with E-state index in [0.29, 0.717) is 17.7 Å². The van der Waals surface area contributed by atoms with E-state index in [4.69, 9.17) is 10.00 Å². The maximum Gasteiger partial charge on any atom is 0.339 e. The molecule has 0 aliphatic carbocycles. The molecule has 0 bridgehead atoms. The minimum Gasteiger partial charge on any atom is -0.462 e. The summed E-state index contributed by atoms with van der Waals surface area (Å²) in [5.41, 5.74) is 3.63. The van der Waals surface area contributed by atoms with Crippen molar-refractivity contribution in [1.82, 2.24) is 0 Å². The van der Waals surface area contributed by atoms with Crippen LogP contribution in [0.1, 0.15) is 28.4 Å². The number of carbonyl (C=O) groups is 1. The van der Waals surface area contributed by atoms with Crippen molar-refractivity contribution in [3.05, 3.63) is 59.2 Å². The molecule has 0 aliphatic heterocycles. The van der Waals surface area contributed by atoms with E-state index < -0.39 is 0 Å². The predicted octanol–water partition coefficient (Wildman–Crippen LogP) is 3.71. The zero-order valence-electron chi connectivity index (χ0n) is 11.5. The maximum atomic E-state index is 12.1. The number of benzene rings is 2. The highest BCUT2D eigenvalue weighted by atomic mass is 16.5. The van der Waals surface area contributed by atoms with Crippen LogP contribution in [0.4, 0.5) is 0 Å². The van der Waals surface area contributed by atoms with Gasteiger partial charge in [-0.15, -0.1) is 0 Å². The van der Waals surface area contributed by atoms with Crippen LogP contribution in [0.25, 0.3) is 11.1 Å². The molecule has 0 spiro atoms. The first-order valence-electron chi connectivity index (χ1n) is 6.44. The van der Waals surface area contributed by atoms with Gasteiger partial charge in [-0.3, -0.25) is 0 Å². The van der Waals surface area contributed by atoms with Gasteiger partial charge in [0.1, 0.15) is 0 Å². The van der Waals surface area contributed by atoms with E-state index in [1.807, 2.05) is 37.3 Å². The first-order valence-corrected chi connectivity index (χ1v) is 6.44. The van der Waals surface area contributed by atoms with Gasteiger partial charge in [-0.25, -0.2) is 4.79 Å². The summed E-state index contributed by atoms with van der Waals surface area (Å²) in [6, 6.07) is 15.0. The molecule has 20 heavy (non-hydrogen) atoms. The summed E-state index contributed by atoms with van der Waals surface area (Å²) in [6.45, 7) is 4.00. The van der Waals surface area contributed by atoms with Gasteiger partial charge in [-0.1, -0.05) is 30.3 Å². The smallest absolute Gasteiger partial charge is 0.339 e. The van der Waals surface area contributed by atoms with Gasteiger partial charge in [0.15, 0.2) is 0 Å². The van der Waals surface area contributed by atoms with Crippen molar-refractivity contribution in [2.45, 2.75) is 13.8 Å². The van der Waals surface area contributed by atoms with Gasteiger partial charge in [-0.2, -0.15) is 5.26 Å². The summed E-state index contributed by atoms with van der Waals surface area (Å²) in [5.74, 6) is -0.331. The molecule has 0 saturated heterocycles. The van der Waals surface area contributed by atoms with Gasteiger partial charge in [0.25, 0.3) is 0 Å². The Balaban J connectivity index is 2.59. The molecule has 0 unspecified atom stereocenters. The third-order valence-corrected chi connectivity index (χ3v) is 3.06. The highest BCUT2D eigenvalue weighted by Crippen LogP contribution is 2.27. The van der Waals surface area contributed by atoms with Gasteiger partial charge < -0.3 is 4.74 Å². The number of rotatable bonds is 3. The van der Waals surface area contributed by atoms with Gasteiger partial charge in [-0.05, 0) is 42.7 Å². The Morgan fingerprint density at radius 3 is 2.70 bits per heavy atom. The van der Waals surface area contributed by atoms with Crippen molar-refractivity contribution in [3.63, 3.8) is 0 Å². The number of aryl methyl sites for hydroxylation is 1. The predicted molar refractivity (Wildman–Crippen MR) is 77.3 cm³/mol. The van der Waals surface area contributed by atoms with Crippen LogP contribution < -0.4 is 0 Å². The van der Waals surface area contributed by atoms with Crippen LogP contribution in [0, 0.1) is 18.3 Å². The minimum atomic E-state index is -0.331. The molecule has 2 aromatic rings. The maximum absolute atomic E-state index is 12.1. The quantitative estimate of drug-likeness (QED) is 0.795. The van der Waals surface area contributed by atoms with E-state index in [2.05, 4.69) is 6.07 Å². The second-order valence-electron chi connectivity index (χ2n) is 4.41. The largest absolute Gasteiger partial charge is 0.462 e. The van der Waals surface area contributed by atoms with Crippen LogP contribution >= 0.6 is 0 Å². The van der Waals surface area contributed by atoms with Crippen LogP contribution in [0.15, 0.2) is 42.5 Å². The number of hydrogen-bond donors (Lipinski definition) is 0. The molecule has 0 heterocycles. The molecule has 0 atom stereocenters. The molecule has 0 N–H and O–H groups in total. The van der Waals surface area contributed by atoms with Gasteiger partial charge in [0, 0.05) is 0 Å². The van der Waals surface area contributed by atoms with Crippen molar-refractivity contribution < 1.29 is 9.53 Å². The molecule has 2 aromatic carbocycles. The monoisotopic (exact) mass is 265 g/mol. The number of hydrogen-bond acceptors (Lipinski definition) is 3. The molecule has 3 heteroatoms. The number of esters is 1. The van der Waals surface area contributed by atoms with E-state index in [1.165, 1.54) is 0 Å². The molecule has 0 amide bonds. The Kier molecular flexibility index (Phi) is 4.17. The van der Waals surface area contributed by atoms with Crippen LogP contribution in [-0.2, 0) is 4.74 Å². The number of nitriles is 1. The Hall–Kier alpha value is -2.60. The molecule has 3 nitrogen and oxygen atoms in total. The number of nitrogens with zero attached hydrogens (tertiary/aromatic N) is 1. The second kappa shape index (κ2) is 6.03. The van der Waals surface area contributed by atoms with Crippen LogP contribution in [0.5, 0.6) is 0 Å². The summed E-state index contributed by atoms with van der Waals surface area (Å²) in [5, 5.41) is 8.98. The highest BCUT2D eigenvalue weighted by Gasteiger charge is 2.16. The van der Waals surface area contributed by atoms with Crippen LogP contribution in [0.3, 0.4) is 0 Å². The lowest BCUT2D eigenvalue weighted by atomic mass is 9.95. The molecular formula is C17H15NO2. The Labute approximate surface area is 118 Å². The molecule has 0 radical (unpaired) electrons. The molecule has 100 valence electrons. The molecular weight excluding hydrogens is 250 g/mol. The molecule has 2 rings (SSSR count). The lowest BCUT2D eigenvalue weighted by molar-refractivity contribution is 0.0526. The fraction of sp³-hybridized carbons (Fsp3) is 0.176. The topological polar surface area (TPSA) is 50.1 Å². The first kappa shape index (κ1) is 13.8. The third kappa shape index (κ3) is 2.70. The second-order valence-corrected chi connectivity index (χ2v) is 4.41. The van der Waals surface area contributed by atoms with Crippen molar-refractivity contribution >= 4 is 5.97 Å². The summed E-state index contributed by atoms with van der Waals surface area (Å²) in [4.78, 5) is 12.1. The van der Waals surface area contributed by atoms with Crippen molar-refractivity contribution in [2.75, 3.05) is 6.61 Å². The fourth-order valence-electron chi connectivity index (χ4n) is 2.14. The van der Waals surface area contributed by atoms with Gasteiger partial charge in [0.05, 0.1) is 23.8 Å². The summed E-state index contributed by atoms with van der Waals surface area (Å²) >= 11 is 0. The number of ether oxygens (including phenoxy) is 1. The normalized spacial score (nSPS) is 9.85. The Morgan fingerprint density at radius 2 is 2.00 bits per heavy atom. The Morgan fingerprint density at radius 1 is 1.25 bits per heavy atom. The zero-order valence-corrected chi connectivity index (χ0v) is 11.5. The molecule has 0 aliphatic rings. The van der Waals surface area contributed by atoms with Crippen molar-refractivity contribution in [2.24, 2.45) is 0 Å². The first-order chi connectivity index (χ1) is 9.67. The summed E-state index contributed by atoms with van der Waals surface area (Å²) < 4.78 is 5.12. The highest BCUT2D eigenvalue weighted by molar-refractivity contribution is 5.98. The SMILES string of the molecule is CCOC(=O)c1c(C)cccc1-c1cccc(C#N)c1. The fourth-order valence-corrected chi connectivity index (χ4v) is 2.14. The van der Waals surface area contributed by atoms with E-state index in [1.54, 1.807) is 19.1 Å². The molecule has 0 aromatic heterocycles. The van der Waals surface area contributed by atoms with Gasteiger partial charge in [0.2, 0.25) is 0 Å². The van der Waals surface area contributed by atoms with E-state index in [0.717, 1.165) is 16.7 Å². The lowest BCUT2D eigenvalue weighted by Crippen LogP contribution is -2.08. The standard InChI is InChI=1S/C17H15NO2/c1-3-20-17(19)16-12(2)6-4-9-15(16)14-8-5-7-13(10-14)11-18/h4-10H,3H2,1-2H3. The zero-order chi connectivity index (χ0) is 14.5. The van der Waals surface area contributed by atoms with Crippen LogP contribution in [-0.4, -0.2) is 12.6 Å². The minimum absolute atomic E-state index is 0.331. The average Bonchev–Trinajstić information content (AvgIpc) is 2.47. The van der Waals surface area contributed by atoms with Crippen LogP contribution in [0.2, 0.25) is 0 Å². The van der Waals surface area contributed by atoms with E-state index in [-0.39, 0.29) is 5.97 Å².